The number of methoxy groups -OCH3 is 1. The Bertz CT molecular complexity index is 931. The van der Waals surface area contributed by atoms with Crippen molar-refractivity contribution in [2.45, 2.75) is 20.4 Å². The zero-order chi connectivity index (χ0) is 21.9. The number of hydrogen-bond acceptors (Lipinski definition) is 7. The van der Waals surface area contributed by atoms with Crippen LogP contribution in [0.2, 0.25) is 0 Å². The first-order valence-corrected chi connectivity index (χ1v) is 9.77. The standard InChI is InChI=1S/C19H27N5O4S/c1-11-15(19(27)28-7)17(29-16(11)18(26)22(3)4)20-14(25)10-23(5)8-13-9-24(6)21-12(13)2/h9H,8,10H2,1-7H3,(H,20,25). The summed E-state index contributed by atoms with van der Waals surface area (Å²) in [4.78, 5) is 40.9. The number of aromatic nitrogens is 2. The lowest BCUT2D eigenvalue weighted by atomic mass is 10.1. The van der Waals surface area contributed by atoms with Gasteiger partial charge < -0.3 is 15.0 Å². The minimum Gasteiger partial charge on any atom is -0.465 e. The first kappa shape index (κ1) is 22.6. The summed E-state index contributed by atoms with van der Waals surface area (Å²) in [5, 5.41) is 7.38. The van der Waals surface area contributed by atoms with Gasteiger partial charge >= 0.3 is 5.97 Å². The Hall–Kier alpha value is -2.72. The van der Waals surface area contributed by atoms with Crippen LogP contribution >= 0.6 is 11.3 Å². The molecule has 10 heteroatoms. The second-order valence-corrected chi connectivity index (χ2v) is 8.11. The molecule has 29 heavy (non-hydrogen) atoms. The van der Waals surface area contributed by atoms with Gasteiger partial charge in [-0.15, -0.1) is 11.3 Å². The summed E-state index contributed by atoms with van der Waals surface area (Å²) in [6.07, 6.45) is 1.92. The Balaban J connectivity index is 2.18. The maximum absolute atomic E-state index is 12.6. The Morgan fingerprint density at radius 2 is 1.90 bits per heavy atom. The highest BCUT2D eigenvalue weighted by atomic mass is 32.1. The first-order valence-electron chi connectivity index (χ1n) is 8.96. The van der Waals surface area contributed by atoms with Crippen LogP contribution in [0, 0.1) is 13.8 Å². The Morgan fingerprint density at radius 3 is 2.41 bits per heavy atom. The molecule has 0 aromatic carbocycles. The molecule has 0 radical (unpaired) electrons. The van der Waals surface area contributed by atoms with Crippen LogP contribution in [0.3, 0.4) is 0 Å². The summed E-state index contributed by atoms with van der Waals surface area (Å²) in [7, 11) is 8.21. The highest BCUT2D eigenvalue weighted by Gasteiger charge is 2.27. The average Bonchev–Trinajstić information content (AvgIpc) is 3.11. The van der Waals surface area contributed by atoms with Crippen LogP contribution in [0.1, 0.15) is 36.9 Å². The number of hydrogen-bond donors (Lipinski definition) is 1. The third kappa shape index (κ3) is 5.21. The van der Waals surface area contributed by atoms with Crippen molar-refractivity contribution >= 4 is 34.1 Å². The predicted octanol–water partition coefficient (Wildman–Crippen LogP) is 1.66. The van der Waals surface area contributed by atoms with Gasteiger partial charge in [-0.05, 0) is 26.5 Å². The topological polar surface area (TPSA) is 96.8 Å². The third-order valence-corrected chi connectivity index (χ3v) is 5.55. The van der Waals surface area contributed by atoms with E-state index in [1.54, 1.807) is 25.7 Å². The van der Waals surface area contributed by atoms with E-state index < -0.39 is 5.97 Å². The second-order valence-electron chi connectivity index (χ2n) is 7.09. The molecule has 158 valence electrons. The van der Waals surface area contributed by atoms with E-state index in [1.165, 1.54) is 12.0 Å². The lowest BCUT2D eigenvalue weighted by molar-refractivity contribution is -0.117. The van der Waals surface area contributed by atoms with E-state index in [0.717, 1.165) is 22.6 Å². The van der Waals surface area contributed by atoms with Crippen LogP contribution in [0.15, 0.2) is 6.20 Å². The number of likely N-dealkylation sites (N-methyl/N-ethyl adjacent to an activating group) is 1. The van der Waals surface area contributed by atoms with Crippen molar-refractivity contribution < 1.29 is 19.1 Å². The molecule has 0 fully saturated rings. The van der Waals surface area contributed by atoms with Crippen molar-refractivity contribution in [3.05, 3.63) is 33.5 Å². The Kier molecular flexibility index (Phi) is 7.15. The van der Waals surface area contributed by atoms with Crippen LogP contribution < -0.4 is 5.32 Å². The first-order chi connectivity index (χ1) is 13.5. The lowest BCUT2D eigenvalue weighted by Crippen LogP contribution is -2.30. The fourth-order valence-corrected chi connectivity index (χ4v) is 4.15. The summed E-state index contributed by atoms with van der Waals surface area (Å²) in [5.74, 6) is -1.11. The van der Waals surface area contributed by atoms with E-state index in [1.807, 2.05) is 32.1 Å². The van der Waals surface area contributed by atoms with Crippen LogP contribution in [0.5, 0.6) is 0 Å². The zero-order valence-corrected chi connectivity index (χ0v) is 18.6. The van der Waals surface area contributed by atoms with Gasteiger partial charge in [0.2, 0.25) is 5.91 Å². The number of esters is 1. The van der Waals surface area contributed by atoms with Crippen molar-refractivity contribution in [2.75, 3.05) is 40.1 Å². The number of aryl methyl sites for hydroxylation is 2. The van der Waals surface area contributed by atoms with Gasteiger partial charge in [-0.25, -0.2) is 4.79 Å². The van der Waals surface area contributed by atoms with Crippen LogP contribution in [-0.2, 0) is 23.1 Å². The van der Waals surface area contributed by atoms with E-state index in [9.17, 15) is 14.4 Å². The molecule has 0 spiro atoms. The largest absolute Gasteiger partial charge is 0.465 e. The quantitative estimate of drug-likeness (QED) is 0.683. The number of ether oxygens (including phenoxy) is 1. The molecule has 1 N–H and O–H groups in total. The zero-order valence-electron chi connectivity index (χ0n) is 17.8. The molecule has 0 aliphatic rings. The Labute approximate surface area is 174 Å². The van der Waals surface area contributed by atoms with Gasteiger partial charge in [-0.2, -0.15) is 5.10 Å². The van der Waals surface area contributed by atoms with E-state index in [2.05, 4.69) is 10.4 Å². The van der Waals surface area contributed by atoms with E-state index in [4.69, 9.17) is 4.74 Å². The molecule has 0 saturated carbocycles. The molecular weight excluding hydrogens is 394 g/mol. The number of amides is 2. The SMILES string of the molecule is COC(=O)c1c(NC(=O)CN(C)Cc2cn(C)nc2C)sc(C(=O)N(C)C)c1C. The smallest absolute Gasteiger partial charge is 0.341 e. The molecule has 2 rings (SSSR count). The molecule has 0 aliphatic heterocycles. The minimum atomic E-state index is -0.591. The summed E-state index contributed by atoms with van der Waals surface area (Å²) < 4.78 is 6.58. The highest BCUT2D eigenvalue weighted by molar-refractivity contribution is 7.18. The monoisotopic (exact) mass is 421 g/mol. The second kappa shape index (κ2) is 9.19. The molecule has 2 heterocycles. The van der Waals surface area contributed by atoms with Gasteiger partial charge in [0.15, 0.2) is 0 Å². The van der Waals surface area contributed by atoms with Gasteiger partial charge in [-0.3, -0.25) is 19.2 Å². The van der Waals surface area contributed by atoms with Crippen LogP contribution in [-0.4, -0.2) is 72.2 Å². The number of nitrogens with one attached hydrogen (secondary N) is 1. The number of carbonyl (C=O) groups is 3. The van der Waals surface area contributed by atoms with Crippen molar-refractivity contribution in [1.82, 2.24) is 19.6 Å². The van der Waals surface area contributed by atoms with Crippen molar-refractivity contribution in [3.8, 4) is 0 Å². The summed E-state index contributed by atoms with van der Waals surface area (Å²) in [5.41, 5.74) is 2.65. The molecule has 2 aromatic rings. The molecule has 0 bridgehead atoms. The van der Waals surface area contributed by atoms with E-state index >= 15 is 0 Å². The molecule has 2 aromatic heterocycles. The predicted molar refractivity (Wildman–Crippen MR) is 111 cm³/mol. The molecule has 0 atom stereocenters. The molecule has 0 saturated heterocycles. The summed E-state index contributed by atoms with van der Waals surface area (Å²) in [6.45, 7) is 4.27. The maximum Gasteiger partial charge on any atom is 0.341 e. The number of anilines is 1. The van der Waals surface area contributed by atoms with Gasteiger partial charge in [0.25, 0.3) is 5.91 Å². The van der Waals surface area contributed by atoms with Crippen molar-refractivity contribution in [3.63, 3.8) is 0 Å². The minimum absolute atomic E-state index is 0.114. The van der Waals surface area contributed by atoms with E-state index in [-0.39, 0.29) is 23.9 Å². The number of carbonyl (C=O) groups excluding carboxylic acids is 3. The van der Waals surface area contributed by atoms with Crippen LogP contribution in [0.25, 0.3) is 0 Å². The number of rotatable bonds is 7. The molecule has 2 amide bonds. The third-order valence-electron chi connectivity index (χ3n) is 4.36. The maximum atomic E-state index is 12.6. The van der Waals surface area contributed by atoms with Gasteiger partial charge in [0.05, 0.1) is 29.8 Å². The van der Waals surface area contributed by atoms with Crippen LogP contribution in [0.4, 0.5) is 5.00 Å². The average molecular weight is 422 g/mol. The van der Waals surface area contributed by atoms with Crippen molar-refractivity contribution in [1.29, 1.82) is 0 Å². The Morgan fingerprint density at radius 1 is 1.24 bits per heavy atom. The molecular formula is C19H27N5O4S. The normalized spacial score (nSPS) is 10.9. The van der Waals surface area contributed by atoms with Gasteiger partial charge in [0, 0.05) is 39.4 Å². The number of thiophene rings is 1. The molecule has 9 nitrogen and oxygen atoms in total. The summed E-state index contributed by atoms with van der Waals surface area (Å²) >= 11 is 1.08. The van der Waals surface area contributed by atoms with Crippen molar-refractivity contribution in [2.24, 2.45) is 7.05 Å². The van der Waals surface area contributed by atoms with Gasteiger partial charge in [-0.1, -0.05) is 0 Å². The lowest BCUT2D eigenvalue weighted by Gasteiger charge is -2.15. The fourth-order valence-electron chi connectivity index (χ4n) is 2.92. The fraction of sp³-hybridized carbons (Fsp3) is 0.474. The highest BCUT2D eigenvalue weighted by Crippen LogP contribution is 2.34. The summed E-state index contributed by atoms with van der Waals surface area (Å²) in [6, 6.07) is 0. The molecule has 0 aliphatic carbocycles. The van der Waals surface area contributed by atoms with E-state index in [0.29, 0.717) is 22.0 Å². The molecule has 0 unspecified atom stereocenters. The van der Waals surface area contributed by atoms with Gasteiger partial charge in [0.1, 0.15) is 5.00 Å². The number of nitrogens with zero attached hydrogens (tertiary/aromatic N) is 4.